The van der Waals surface area contributed by atoms with E-state index in [1.54, 1.807) is 42.6 Å². The highest BCUT2D eigenvalue weighted by atomic mass is 16.2. The van der Waals surface area contributed by atoms with Crippen LogP contribution in [-0.2, 0) is 6.42 Å². The number of anilines is 1. The number of rotatable bonds is 7. The molecule has 28 heavy (non-hydrogen) atoms. The summed E-state index contributed by atoms with van der Waals surface area (Å²) in [5.41, 5.74) is 2.80. The Morgan fingerprint density at radius 1 is 0.929 bits per heavy atom. The Bertz CT molecular complexity index is 927. The second-order valence-corrected chi connectivity index (χ2v) is 6.68. The van der Waals surface area contributed by atoms with E-state index < -0.39 is 0 Å². The highest BCUT2D eigenvalue weighted by Crippen LogP contribution is 2.13. The molecule has 5 nitrogen and oxygen atoms in total. The van der Waals surface area contributed by atoms with Crippen molar-refractivity contribution in [1.82, 2.24) is 10.3 Å². The van der Waals surface area contributed by atoms with Gasteiger partial charge in [-0.1, -0.05) is 36.4 Å². The monoisotopic (exact) mass is 373 g/mol. The van der Waals surface area contributed by atoms with Gasteiger partial charge in [0.1, 0.15) is 0 Å². The molecular formula is C23H23N3O2. The second kappa shape index (κ2) is 9.46. The highest BCUT2D eigenvalue weighted by Gasteiger charge is 2.12. The van der Waals surface area contributed by atoms with Crippen LogP contribution in [0.3, 0.4) is 0 Å². The quantitative estimate of drug-likeness (QED) is 0.655. The van der Waals surface area contributed by atoms with E-state index in [4.69, 9.17) is 0 Å². The van der Waals surface area contributed by atoms with Crippen molar-refractivity contribution < 1.29 is 9.59 Å². The fourth-order valence-corrected chi connectivity index (χ4v) is 2.85. The summed E-state index contributed by atoms with van der Waals surface area (Å²) in [5, 5.41) is 5.81. The number of hydrogen-bond acceptors (Lipinski definition) is 3. The smallest absolute Gasteiger partial charge is 0.257 e. The molecule has 0 saturated heterocycles. The lowest BCUT2D eigenvalue weighted by Crippen LogP contribution is -2.32. The number of amides is 2. The van der Waals surface area contributed by atoms with E-state index >= 15 is 0 Å². The number of carbonyl (C=O) groups excluding carboxylic acids is 2. The first-order valence-corrected chi connectivity index (χ1v) is 9.28. The van der Waals surface area contributed by atoms with Gasteiger partial charge in [-0.25, -0.2) is 0 Å². The number of aryl methyl sites for hydroxylation is 1. The third kappa shape index (κ3) is 5.51. The Morgan fingerprint density at radius 2 is 1.71 bits per heavy atom. The van der Waals surface area contributed by atoms with Crippen LogP contribution >= 0.6 is 0 Å². The maximum atomic E-state index is 12.5. The SMILES string of the molecule is C[C@H](CCc1ccccc1)NC(=O)c1cccc(NC(=O)c2cccnc2)c1. The molecule has 0 aliphatic carbocycles. The third-order valence-corrected chi connectivity index (χ3v) is 4.39. The van der Waals surface area contributed by atoms with Gasteiger partial charge < -0.3 is 10.6 Å². The summed E-state index contributed by atoms with van der Waals surface area (Å²) in [6, 6.07) is 20.6. The van der Waals surface area contributed by atoms with Gasteiger partial charge in [-0.3, -0.25) is 14.6 Å². The molecule has 2 amide bonds. The van der Waals surface area contributed by atoms with Crippen LogP contribution in [0.15, 0.2) is 79.1 Å². The number of pyridine rings is 1. The lowest BCUT2D eigenvalue weighted by molar-refractivity contribution is 0.0937. The molecule has 2 N–H and O–H groups in total. The van der Waals surface area contributed by atoms with Gasteiger partial charge in [0.25, 0.3) is 11.8 Å². The van der Waals surface area contributed by atoms with Gasteiger partial charge in [0, 0.05) is 29.7 Å². The third-order valence-electron chi connectivity index (χ3n) is 4.39. The summed E-state index contributed by atoms with van der Waals surface area (Å²) in [6.45, 7) is 1.99. The molecular weight excluding hydrogens is 350 g/mol. The van der Waals surface area contributed by atoms with Crippen molar-refractivity contribution in [3.05, 3.63) is 95.8 Å². The van der Waals surface area contributed by atoms with Gasteiger partial charge in [0.15, 0.2) is 0 Å². The van der Waals surface area contributed by atoms with Crippen molar-refractivity contribution in [1.29, 1.82) is 0 Å². The maximum Gasteiger partial charge on any atom is 0.257 e. The van der Waals surface area contributed by atoms with Crippen LogP contribution in [0.4, 0.5) is 5.69 Å². The number of aromatic nitrogens is 1. The van der Waals surface area contributed by atoms with Crippen molar-refractivity contribution in [2.45, 2.75) is 25.8 Å². The minimum Gasteiger partial charge on any atom is -0.350 e. The van der Waals surface area contributed by atoms with Crippen LogP contribution in [0.2, 0.25) is 0 Å². The topological polar surface area (TPSA) is 71.1 Å². The van der Waals surface area contributed by atoms with Crippen molar-refractivity contribution in [2.24, 2.45) is 0 Å². The minimum absolute atomic E-state index is 0.0429. The van der Waals surface area contributed by atoms with Crippen molar-refractivity contribution in [3.63, 3.8) is 0 Å². The molecule has 0 fully saturated rings. The van der Waals surface area contributed by atoms with Crippen LogP contribution in [0.1, 0.15) is 39.6 Å². The Balaban J connectivity index is 1.56. The zero-order valence-corrected chi connectivity index (χ0v) is 15.8. The van der Waals surface area contributed by atoms with Gasteiger partial charge in [0.2, 0.25) is 0 Å². The number of hydrogen-bond donors (Lipinski definition) is 2. The van der Waals surface area contributed by atoms with Gasteiger partial charge in [-0.15, -0.1) is 0 Å². The largest absolute Gasteiger partial charge is 0.350 e. The molecule has 0 aliphatic heterocycles. The standard InChI is InChI=1S/C23H23N3O2/c1-17(12-13-18-7-3-2-4-8-18)25-22(27)19-9-5-11-21(15-19)26-23(28)20-10-6-14-24-16-20/h2-11,14-17H,12-13H2,1H3,(H,25,27)(H,26,28)/t17-/m1/s1. The normalized spacial score (nSPS) is 11.5. The van der Waals surface area contributed by atoms with Crippen LogP contribution in [0, 0.1) is 0 Å². The van der Waals surface area contributed by atoms with E-state index in [1.807, 2.05) is 25.1 Å². The first-order valence-electron chi connectivity index (χ1n) is 9.28. The first kappa shape index (κ1) is 19.3. The van der Waals surface area contributed by atoms with Crippen LogP contribution < -0.4 is 10.6 Å². The summed E-state index contributed by atoms with van der Waals surface area (Å²) in [6.07, 6.45) is 4.87. The van der Waals surface area contributed by atoms with E-state index in [2.05, 4.69) is 27.8 Å². The molecule has 3 rings (SSSR count). The van der Waals surface area contributed by atoms with Gasteiger partial charge >= 0.3 is 0 Å². The van der Waals surface area contributed by atoms with Crippen molar-refractivity contribution in [3.8, 4) is 0 Å². The molecule has 0 aliphatic rings. The Hall–Kier alpha value is -3.47. The Labute approximate surface area is 164 Å². The molecule has 0 bridgehead atoms. The van der Waals surface area contributed by atoms with E-state index in [9.17, 15) is 9.59 Å². The number of nitrogens with one attached hydrogen (secondary N) is 2. The highest BCUT2D eigenvalue weighted by molar-refractivity contribution is 6.04. The number of nitrogens with zero attached hydrogens (tertiary/aromatic N) is 1. The molecule has 5 heteroatoms. The van der Waals surface area contributed by atoms with E-state index in [0.29, 0.717) is 16.8 Å². The predicted molar refractivity (Wildman–Crippen MR) is 110 cm³/mol. The van der Waals surface area contributed by atoms with E-state index in [0.717, 1.165) is 12.8 Å². The summed E-state index contributed by atoms with van der Waals surface area (Å²) in [4.78, 5) is 28.7. The molecule has 3 aromatic rings. The van der Waals surface area contributed by atoms with Gasteiger partial charge in [-0.05, 0) is 55.7 Å². The average Bonchev–Trinajstić information content (AvgIpc) is 2.74. The summed E-state index contributed by atoms with van der Waals surface area (Å²) < 4.78 is 0. The van der Waals surface area contributed by atoms with Crippen LogP contribution in [0.5, 0.6) is 0 Å². The molecule has 0 saturated carbocycles. The van der Waals surface area contributed by atoms with Crippen LogP contribution in [-0.4, -0.2) is 22.8 Å². The van der Waals surface area contributed by atoms with Crippen molar-refractivity contribution >= 4 is 17.5 Å². The predicted octanol–water partition coefficient (Wildman–Crippen LogP) is 4.09. The molecule has 1 aromatic heterocycles. The maximum absolute atomic E-state index is 12.5. The molecule has 0 radical (unpaired) electrons. The molecule has 142 valence electrons. The Morgan fingerprint density at radius 3 is 2.46 bits per heavy atom. The number of benzene rings is 2. The summed E-state index contributed by atoms with van der Waals surface area (Å²) in [7, 11) is 0. The number of carbonyl (C=O) groups is 2. The first-order chi connectivity index (χ1) is 13.6. The zero-order valence-electron chi connectivity index (χ0n) is 15.8. The fourth-order valence-electron chi connectivity index (χ4n) is 2.85. The molecule has 2 aromatic carbocycles. The molecule has 1 heterocycles. The molecule has 0 spiro atoms. The lowest BCUT2D eigenvalue weighted by Gasteiger charge is -2.14. The van der Waals surface area contributed by atoms with Gasteiger partial charge in [-0.2, -0.15) is 0 Å². The van der Waals surface area contributed by atoms with Crippen molar-refractivity contribution in [2.75, 3.05) is 5.32 Å². The Kier molecular flexibility index (Phi) is 6.52. The fraction of sp³-hybridized carbons (Fsp3) is 0.174. The lowest BCUT2D eigenvalue weighted by atomic mass is 10.1. The molecule has 0 unspecified atom stereocenters. The summed E-state index contributed by atoms with van der Waals surface area (Å²) in [5.74, 6) is -0.417. The van der Waals surface area contributed by atoms with E-state index in [-0.39, 0.29) is 17.9 Å². The summed E-state index contributed by atoms with van der Waals surface area (Å²) >= 11 is 0. The van der Waals surface area contributed by atoms with Crippen LogP contribution in [0.25, 0.3) is 0 Å². The average molecular weight is 373 g/mol. The second-order valence-electron chi connectivity index (χ2n) is 6.68. The van der Waals surface area contributed by atoms with E-state index in [1.165, 1.54) is 11.8 Å². The zero-order chi connectivity index (χ0) is 19.8. The molecule has 1 atom stereocenters. The minimum atomic E-state index is -0.262. The van der Waals surface area contributed by atoms with Gasteiger partial charge in [0.05, 0.1) is 5.56 Å².